The third kappa shape index (κ3) is 4.57. The number of benzene rings is 1. The van der Waals surface area contributed by atoms with Gasteiger partial charge in [-0.15, -0.1) is 0 Å². The van der Waals surface area contributed by atoms with Crippen molar-refractivity contribution in [1.29, 1.82) is 0 Å². The molecule has 1 fully saturated rings. The summed E-state index contributed by atoms with van der Waals surface area (Å²) in [6.45, 7) is 2.10. The van der Waals surface area contributed by atoms with Gasteiger partial charge < -0.3 is 14.9 Å². The highest BCUT2D eigenvalue weighted by Gasteiger charge is 2.28. The average Bonchev–Trinajstić information content (AvgIpc) is 3.05. The van der Waals surface area contributed by atoms with Gasteiger partial charge in [0.05, 0.1) is 5.69 Å². The molecule has 1 N–H and O–H groups in total. The van der Waals surface area contributed by atoms with Crippen molar-refractivity contribution >= 4 is 17.8 Å². The Bertz CT molecular complexity index is 849. The summed E-state index contributed by atoms with van der Waals surface area (Å²) in [5.41, 5.74) is 1.25. The minimum absolute atomic E-state index is 0.150. The smallest absolute Gasteiger partial charge is 0.323 e. The Balaban J connectivity index is 1.67. The van der Waals surface area contributed by atoms with Crippen LogP contribution in [0.15, 0.2) is 42.6 Å². The molecule has 148 valence electrons. The van der Waals surface area contributed by atoms with E-state index in [1.165, 1.54) is 11.8 Å². The Morgan fingerprint density at radius 1 is 1.14 bits per heavy atom. The predicted molar refractivity (Wildman–Crippen MR) is 102 cm³/mol. The number of carbonyl (C=O) groups excluding carboxylic acids is 2. The van der Waals surface area contributed by atoms with Crippen LogP contribution in [0.25, 0.3) is 5.69 Å². The Labute approximate surface area is 163 Å². The second kappa shape index (κ2) is 8.69. The van der Waals surface area contributed by atoms with Crippen LogP contribution >= 0.6 is 0 Å². The van der Waals surface area contributed by atoms with E-state index >= 15 is 0 Å². The van der Waals surface area contributed by atoms with E-state index in [1.54, 1.807) is 21.8 Å². The molecular weight excluding hydrogens is 360 g/mol. The van der Waals surface area contributed by atoms with Crippen LogP contribution in [0.5, 0.6) is 0 Å². The topological polar surface area (TPSA) is 95.7 Å². The van der Waals surface area contributed by atoms with Crippen molar-refractivity contribution in [2.45, 2.75) is 32.2 Å². The summed E-state index contributed by atoms with van der Waals surface area (Å²) in [7, 11) is 0. The van der Waals surface area contributed by atoms with Crippen molar-refractivity contribution in [3.8, 4) is 5.69 Å². The molecule has 2 heterocycles. The molecule has 0 bridgehead atoms. The van der Waals surface area contributed by atoms with Crippen LogP contribution < -0.4 is 0 Å². The monoisotopic (exact) mass is 384 g/mol. The number of carboxylic acid groups (broad SMARTS) is 1. The quantitative estimate of drug-likeness (QED) is 0.848. The molecule has 0 aliphatic carbocycles. The molecule has 1 aromatic carbocycles. The van der Waals surface area contributed by atoms with E-state index < -0.39 is 5.97 Å². The number of likely N-dealkylation sites (tertiary alicyclic amines) is 1. The van der Waals surface area contributed by atoms with Gasteiger partial charge in [0.15, 0.2) is 5.69 Å². The molecule has 1 aromatic heterocycles. The molecule has 1 saturated heterocycles. The third-order valence-corrected chi connectivity index (χ3v) is 4.96. The Kier molecular flexibility index (Phi) is 6.08. The summed E-state index contributed by atoms with van der Waals surface area (Å²) >= 11 is 0. The van der Waals surface area contributed by atoms with Crippen molar-refractivity contribution in [3.05, 3.63) is 48.3 Å². The maximum absolute atomic E-state index is 12.9. The number of rotatable bonds is 5. The molecule has 8 nitrogen and oxygen atoms in total. The minimum atomic E-state index is -1.03. The molecule has 2 aromatic rings. The van der Waals surface area contributed by atoms with E-state index in [1.807, 2.05) is 30.3 Å². The summed E-state index contributed by atoms with van der Waals surface area (Å²) in [5.74, 6) is -1.43. The first-order chi connectivity index (χ1) is 13.5. The van der Waals surface area contributed by atoms with Crippen molar-refractivity contribution < 1.29 is 19.5 Å². The first-order valence-corrected chi connectivity index (χ1v) is 9.35. The predicted octanol–water partition coefficient (Wildman–Crippen LogP) is 1.80. The molecule has 1 aliphatic heterocycles. The fourth-order valence-electron chi connectivity index (χ4n) is 3.56. The van der Waals surface area contributed by atoms with Gasteiger partial charge in [0, 0.05) is 32.3 Å². The summed E-state index contributed by atoms with van der Waals surface area (Å²) in [6, 6.07) is 11.1. The lowest BCUT2D eigenvalue weighted by atomic mass is 10.1. The van der Waals surface area contributed by atoms with Crippen LogP contribution in [0.3, 0.4) is 0 Å². The number of hydrogen-bond donors (Lipinski definition) is 1. The van der Waals surface area contributed by atoms with Gasteiger partial charge in [-0.1, -0.05) is 18.2 Å². The zero-order valence-electron chi connectivity index (χ0n) is 15.8. The number of aromatic nitrogens is 2. The van der Waals surface area contributed by atoms with Gasteiger partial charge >= 0.3 is 5.97 Å². The normalized spacial score (nSPS) is 17.0. The van der Waals surface area contributed by atoms with Gasteiger partial charge in [0.25, 0.3) is 5.91 Å². The molecule has 1 unspecified atom stereocenters. The molecule has 3 rings (SSSR count). The molecule has 2 amide bonds. The molecule has 0 radical (unpaired) electrons. The highest BCUT2D eigenvalue weighted by molar-refractivity contribution is 5.92. The Morgan fingerprint density at radius 2 is 1.89 bits per heavy atom. The molecule has 1 atom stereocenters. The van der Waals surface area contributed by atoms with Crippen LogP contribution in [-0.2, 0) is 9.59 Å². The molecule has 0 saturated carbocycles. The van der Waals surface area contributed by atoms with E-state index in [-0.39, 0.29) is 24.4 Å². The maximum Gasteiger partial charge on any atom is 0.323 e. The largest absolute Gasteiger partial charge is 0.480 e. The van der Waals surface area contributed by atoms with E-state index in [0.717, 1.165) is 5.69 Å². The fraction of sp³-hybridized carbons (Fsp3) is 0.400. The number of nitrogens with zero attached hydrogens (tertiary/aromatic N) is 4. The molecule has 0 spiro atoms. The zero-order valence-corrected chi connectivity index (χ0v) is 15.8. The summed E-state index contributed by atoms with van der Waals surface area (Å²) in [5, 5.41) is 13.4. The van der Waals surface area contributed by atoms with Crippen molar-refractivity contribution in [2.75, 3.05) is 19.6 Å². The molecule has 8 heteroatoms. The summed E-state index contributed by atoms with van der Waals surface area (Å²) < 4.78 is 1.66. The van der Waals surface area contributed by atoms with E-state index in [4.69, 9.17) is 5.11 Å². The zero-order chi connectivity index (χ0) is 20.1. The van der Waals surface area contributed by atoms with Crippen LogP contribution in [-0.4, -0.2) is 68.1 Å². The van der Waals surface area contributed by atoms with Gasteiger partial charge in [0.2, 0.25) is 5.91 Å². The highest BCUT2D eigenvalue weighted by Crippen LogP contribution is 2.19. The Morgan fingerprint density at radius 3 is 2.57 bits per heavy atom. The number of carboxylic acids is 1. The first-order valence-electron chi connectivity index (χ1n) is 9.35. The van der Waals surface area contributed by atoms with Crippen LogP contribution in [0.4, 0.5) is 0 Å². The highest BCUT2D eigenvalue weighted by atomic mass is 16.4. The number of hydrogen-bond acceptors (Lipinski definition) is 4. The first kappa shape index (κ1) is 19.6. The lowest BCUT2D eigenvalue weighted by Gasteiger charge is -2.28. The van der Waals surface area contributed by atoms with Crippen molar-refractivity contribution in [3.63, 3.8) is 0 Å². The standard InChI is InChI=1S/C20H24N4O4/c1-15(25)23(14-19(26)27)16-8-5-11-22(12-9-16)20(28)18-10-13-24(21-18)17-6-3-2-4-7-17/h2-4,6-7,10,13,16H,5,8-9,11-12,14H2,1H3,(H,26,27). The van der Waals surface area contributed by atoms with Crippen LogP contribution in [0.1, 0.15) is 36.7 Å². The number of aliphatic carboxylic acids is 1. The van der Waals surface area contributed by atoms with Crippen LogP contribution in [0.2, 0.25) is 0 Å². The molecule has 1 aliphatic rings. The van der Waals surface area contributed by atoms with E-state index in [0.29, 0.717) is 38.0 Å². The second-order valence-corrected chi connectivity index (χ2v) is 6.90. The van der Waals surface area contributed by atoms with Crippen molar-refractivity contribution in [2.24, 2.45) is 0 Å². The van der Waals surface area contributed by atoms with E-state index in [9.17, 15) is 14.4 Å². The van der Waals surface area contributed by atoms with Gasteiger partial charge in [-0.2, -0.15) is 5.10 Å². The fourth-order valence-corrected chi connectivity index (χ4v) is 3.56. The van der Waals surface area contributed by atoms with Gasteiger partial charge in [-0.05, 0) is 37.5 Å². The SMILES string of the molecule is CC(=O)N(CC(=O)O)C1CCCN(C(=O)c2ccn(-c3ccccc3)n2)CC1. The molecular formula is C20H24N4O4. The van der Waals surface area contributed by atoms with E-state index in [2.05, 4.69) is 5.10 Å². The Hall–Kier alpha value is -3.16. The van der Waals surface area contributed by atoms with Crippen molar-refractivity contribution in [1.82, 2.24) is 19.6 Å². The lowest BCUT2D eigenvalue weighted by Crippen LogP contribution is -2.43. The average molecular weight is 384 g/mol. The van der Waals surface area contributed by atoms with Gasteiger partial charge in [0.1, 0.15) is 6.54 Å². The minimum Gasteiger partial charge on any atom is -0.480 e. The van der Waals surface area contributed by atoms with Crippen LogP contribution in [0, 0.1) is 0 Å². The molecule has 28 heavy (non-hydrogen) atoms. The second-order valence-electron chi connectivity index (χ2n) is 6.90. The number of amides is 2. The third-order valence-electron chi connectivity index (χ3n) is 4.96. The number of para-hydroxylation sites is 1. The maximum atomic E-state index is 12.9. The lowest BCUT2D eigenvalue weighted by molar-refractivity contribution is -0.145. The van der Waals surface area contributed by atoms with Gasteiger partial charge in [-0.25, -0.2) is 4.68 Å². The number of carbonyl (C=O) groups is 3. The summed E-state index contributed by atoms with van der Waals surface area (Å²) in [4.78, 5) is 38.9. The van der Waals surface area contributed by atoms with Gasteiger partial charge in [-0.3, -0.25) is 14.4 Å². The summed E-state index contributed by atoms with van der Waals surface area (Å²) in [6.07, 6.45) is 3.69.